The van der Waals surface area contributed by atoms with Crippen molar-refractivity contribution < 1.29 is 32.3 Å². The lowest BCUT2D eigenvalue weighted by atomic mass is 10.1. The Morgan fingerprint density at radius 3 is 2.50 bits per heavy atom. The fourth-order valence-corrected chi connectivity index (χ4v) is 4.57. The molecule has 144 valence electrons. The van der Waals surface area contributed by atoms with Gasteiger partial charge in [-0.2, -0.15) is 0 Å². The van der Waals surface area contributed by atoms with Crippen LogP contribution in [0.1, 0.15) is 27.6 Å². The van der Waals surface area contributed by atoms with Gasteiger partial charge in [0, 0.05) is 11.6 Å². The van der Waals surface area contributed by atoms with E-state index in [0.717, 1.165) is 0 Å². The molecular formula is C18H14N2O7S. The summed E-state index contributed by atoms with van der Waals surface area (Å²) < 4.78 is 36.0. The fourth-order valence-electron chi connectivity index (χ4n) is 3.04. The Balaban J connectivity index is 1.60. The van der Waals surface area contributed by atoms with Gasteiger partial charge in [0.1, 0.15) is 11.4 Å². The van der Waals surface area contributed by atoms with Gasteiger partial charge in [-0.1, -0.05) is 12.1 Å². The van der Waals surface area contributed by atoms with E-state index in [1.54, 1.807) is 6.07 Å². The molecule has 0 aromatic heterocycles. The number of nitrogens with zero attached hydrogens (tertiary/aromatic N) is 1. The highest BCUT2D eigenvalue weighted by Crippen LogP contribution is 2.37. The lowest BCUT2D eigenvalue weighted by Crippen LogP contribution is -2.37. The SMILES string of the molecule is CC(=O)c1cc2c(cc1NC(=O)CN1C(=O)c3ccccc3S1(=O)=O)OCO2. The number of amides is 2. The van der Waals surface area contributed by atoms with E-state index in [1.807, 2.05) is 0 Å². The Hall–Kier alpha value is -3.40. The molecule has 2 aliphatic rings. The molecule has 2 aliphatic heterocycles. The van der Waals surface area contributed by atoms with Gasteiger partial charge in [-0.25, -0.2) is 12.7 Å². The van der Waals surface area contributed by atoms with Crippen LogP contribution in [0, 0.1) is 0 Å². The van der Waals surface area contributed by atoms with Crippen molar-refractivity contribution >= 4 is 33.3 Å². The first kappa shape index (κ1) is 18.0. The van der Waals surface area contributed by atoms with Crippen LogP contribution in [-0.4, -0.2) is 43.7 Å². The Morgan fingerprint density at radius 1 is 1.14 bits per heavy atom. The Bertz CT molecular complexity index is 1140. The molecule has 9 nitrogen and oxygen atoms in total. The summed E-state index contributed by atoms with van der Waals surface area (Å²) >= 11 is 0. The van der Waals surface area contributed by atoms with E-state index in [9.17, 15) is 22.8 Å². The molecule has 2 aromatic carbocycles. The molecule has 0 bridgehead atoms. The Labute approximate surface area is 159 Å². The zero-order valence-corrected chi connectivity index (χ0v) is 15.4. The number of fused-ring (bicyclic) bond motifs is 2. The van der Waals surface area contributed by atoms with Crippen molar-refractivity contribution in [3.63, 3.8) is 0 Å². The predicted molar refractivity (Wildman–Crippen MR) is 95.9 cm³/mol. The van der Waals surface area contributed by atoms with Crippen LogP contribution in [0.4, 0.5) is 5.69 Å². The van der Waals surface area contributed by atoms with Crippen molar-refractivity contribution in [3.05, 3.63) is 47.5 Å². The molecule has 2 amide bonds. The third kappa shape index (κ3) is 2.78. The maximum absolute atomic E-state index is 12.5. The van der Waals surface area contributed by atoms with E-state index in [0.29, 0.717) is 15.8 Å². The molecule has 0 saturated carbocycles. The minimum absolute atomic E-state index is 0.0111. The fraction of sp³-hybridized carbons (Fsp3) is 0.167. The predicted octanol–water partition coefficient (Wildman–Crippen LogP) is 1.40. The molecular weight excluding hydrogens is 388 g/mol. The van der Waals surface area contributed by atoms with Crippen LogP contribution in [0.2, 0.25) is 0 Å². The molecule has 0 atom stereocenters. The van der Waals surface area contributed by atoms with Gasteiger partial charge in [0.05, 0.1) is 11.3 Å². The number of hydrogen-bond acceptors (Lipinski definition) is 7. The van der Waals surface area contributed by atoms with Crippen molar-refractivity contribution in [2.45, 2.75) is 11.8 Å². The number of sulfonamides is 1. The second-order valence-corrected chi connectivity index (χ2v) is 8.00. The van der Waals surface area contributed by atoms with Gasteiger partial charge in [0.25, 0.3) is 15.9 Å². The van der Waals surface area contributed by atoms with Crippen LogP contribution in [0.3, 0.4) is 0 Å². The standard InChI is InChI=1S/C18H14N2O7S/c1-10(21)12-6-14-15(27-9-26-14)7-13(12)19-17(22)8-20-18(23)11-4-2-3-5-16(11)28(20,24)25/h2-7H,8-9H2,1H3,(H,19,22). The topological polar surface area (TPSA) is 119 Å². The van der Waals surface area contributed by atoms with Gasteiger partial charge in [-0.15, -0.1) is 0 Å². The summed E-state index contributed by atoms with van der Waals surface area (Å²) in [6.07, 6.45) is 0. The molecule has 2 heterocycles. The molecule has 1 N–H and O–H groups in total. The largest absolute Gasteiger partial charge is 0.454 e. The van der Waals surface area contributed by atoms with Crippen LogP contribution in [0.15, 0.2) is 41.3 Å². The normalized spacial score (nSPS) is 16.0. The Kier molecular flexibility index (Phi) is 4.07. The highest BCUT2D eigenvalue weighted by atomic mass is 32.2. The Morgan fingerprint density at radius 2 is 1.82 bits per heavy atom. The van der Waals surface area contributed by atoms with Gasteiger partial charge in [0.15, 0.2) is 17.3 Å². The molecule has 0 radical (unpaired) electrons. The molecule has 28 heavy (non-hydrogen) atoms. The smallest absolute Gasteiger partial charge is 0.269 e. The van der Waals surface area contributed by atoms with Gasteiger partial charge in [-0.05, 0) is 25.1 Å². The number of carbonyl (C=O) groups is 3. The maximum atomic E-state index is 12.5. The first-order valence-corrected chi connectivity index (χ1v) is 9.63. The lowest BCUT2D eigenvalue weighted by Gasteiger charge is -2.16. The zero-order valence-electron chi connectivity index (χ0n) is 14.6. The molecule has 2 aromatic rings. The summed E-state index contributed by atoms with van der Waals surface area (Å²) in [5, 5.41) is 2.48. The molecule has 0 spiro atoms. The number of Topliss-reactive ketones (excluding diaryl/α,β-unsaturated/α-hetero) is 1. The minimum Gasteiger partial charge on any atom is -0.454 e. The molecule has 0 saturated heterocycles. The summed E-state index contributed by atoms with van der Waals surface area (Å²) in [6, 6.07) is 8.60. The molecule has 4 rings (SSSR count). The second kappa shape index (κ2) is 6.34. The van der Waals surface area contributed by atoms with Crippen LogP contribution in [-0.2, 0) is 14.8 Å². The average molecular weight is 402 g/mol. The summed E-state index contributed by atoms with van der Waals surface area (Å²) in [4.78, 5) is 36.6. The van der Waals surface area contributed by atoms with Crippen molar-refractivity contribution in [2.24, 2.45) is 0 Å². The van der Waals surface area contributed by atoms with Crippen LogP contribution in [0.5, 0.6) is 11.5 Å². The van der Waals surface area contributed by atoms with Crippen LogP contribution >= 0.6 is 0 Å². The number of rotatable bonds is 4. The summed E-state index contributed by atoms with van der Waals surface area (Å²) in [6.45, 7) is 0.586. The lowest BCUT2D eigenvalue weighted by molar-refractivity contribution is -0.116. The number of carbonyl (C=O) groups excluding carboxylic acids is 3. The minimum atomic E-state index is -4.11. The quantitative estimate of drug-likeness (QED) is 0.768. The third-order valence-corrected chi connectivity index (χ3v) is 6.15. The van der Waals surface area contributed by atoms with Crippen LogP contribution in [0.25, 0.3) is 0 Å². The van der Waals surface area contributed by atoms with E-state index < -0.39 is 28.4 Å². The molecule has 0 fully saturated rings. The van der Waals surface area contributed by atoms with Gasteiger partial charge in [0.2, 0.25) is 12.7 Å². The van der Waals surface area contributed by atoms with E-state index in [-0.39, 0.29) is 34.3 Å². The van der Waals surface area contributed by atoms with Gasteiger partial charge >= 0.3 is 0 Å². The number of ketones is 1. The van der Waals surface area contributed by atoms with Crippen molar-refractivity contribution in [1.82, 2.24) is 4.31 Å². The van der Waals surface area contributed by atoms with Crippen LogP contribution < -0.4 is 14.8 Å². The first-order chi connectivity index (χ1) is 13.3. The summed E-state index contributed by atoms with van der Waals surface area (Å²) in [7, 11) is -4.11. The monoisotopic (exact) mass is 402 g/mol. The van der Waals surface area contributed by atoms with E-state index in [4.69, 9.17) is 9.47 Å². The third-order valence-electron chi connectivity index (χ3n) is 4.37. The van der Waals surface area contributed by atoms with Crippen molar-refractivity contribution in [3.8, 4) is 11.5 Å². The number of anilines is 1. The highest BCUT2D eigenvalue weighted by Gasteiger charge is 2.41. The molecule has 10 heteroatoms. The van der Waals surface area contributed by atoms with Crippen molar-refractivity contribution in [2.75, 3.05) is 18.7 Å². The number of ether oxygens (including phenoxy) is 2. The van der Waals surface area contributed by atoms with Crippen molar-refractivity contribution in [1.29, 1.82) is 0 Å². The van der Waals surface area contributed by atoms with Gasteiger partial charge in [-0.3, -0.25) is 14.4 Å². The summed E-state index contributed by atoms with van der Waals surface area (Å²) in [5.41, 5.74) is 0.336. The van der Waals surface area contributed by atoms with E-state index >= 15 is 0 Å². The second-order valence-electron chi connectivity index (χ2n) is 6.17. The number of nitrogens with one attached hydrogen (secondary N) is 1. The van der Waals surface area contributed by atoms with Gasteiger partial charge < -0.3 is 14.8 Å². The zero-order chi connectivity index (χ0) is 20.1. The average Bonchev–Trinajstić information content (AvgIpc) is 3.18. The number of benzene rings is 2. The molecule has 0 unspecified atom stereocenters. The van der Waals surface area contributed by atoms with E-state index in [1.165, 1.54) is 37.3 Å². The summed E-state index contributed by atoms with van der Waals surface area (Å²) in [5.74, 6) is -1.16. The van der Waals surface area contributed by atoms with E-state index in [2.05, 4.69) is 5.32 Å². The highest BCUT2D eigenvalue weighted by molar-refractivity contribution is 7.90. The number of hydrogen-bond donors (Lipinski definition) is 1. The maximum Gasteiger partial charge on any atom is 0.269 e. The first-order valence-electron chi connectivity index (χ1n) is 8.19. The molecule has 0 aliphatic carbocycles.